The number of aromatic hydroxyl groups is 1. The maximum absolute atomic E-state index is 11.3. The Hall–Kier alpha value is -2.05. The molecule has 1 aromatic carbocycles. The molecule has 1 saturated heterocycles. The molecule has 0 spiro atoms. The lowest BCUT2D eigenvalue weighted by atomic mass is 9.66. The zero-order valence-electron chi connectivity index (χ0n) is 22.8. The molecule has 36 heavy (non-hydrogen) atoms. The van der Waals surface area contributed by atoms with E-state index in [4.69, 9.17) is 9.47 Å². The van der Waals surface area contributed by atoms with Crippen molar-refractivity contribution in [1.82, 2.24) is 4.90 Å². The minimum atomic E-state index is -0.569. The first kappa shape index (κ1) is 27.0. The number of carbonyl (C=O) groups is 1. The highest BCUT2D eigenvalue weighted by Gasteiger charge is 2.47. The molecule has 0 bridgehead atoms. The summed E-state index contributed by atoms with van der Waals surface area (Å²) in [6, 6.07) is 4.12. The standard InChI is InChI=1S/C30H45NO5/c1-6-7-8-9-12-29(2,3)21-14-25(33)28-23-13-20(26(34)18-31-16-22(17-31)35-19-32)10-11-24(23)30(4,5)36-27(28)15-21/h10,14-15,19,22-24,26,33-34H,6-9,11-13,16-18H2,1-5H3/t23-,24-,26?/m1/s1. The zero-order valence-corrected chi connectivity index (χ0v) is 22.8. The topological polar surface area (TPSA) is 79.2 Å². The highest BCUT2D eigenvalue weighted by Crippen LogP contribution is 2.55. The van der Waals surface area contributed by atoms with E-state index in [2.05, 4.69) is 51.7 Å². The van der Waals surface area contributed by atoms with Crippen LogP contribution in [-0.2, 0) is 14.9 Å². The number of nitrogens with zero attached hydrogens (tertiary/aromatic N) is 1. The maximum atomic E-state index is 11.3. The molecule has 0 amide bonds. The Kier molecular flexibility index (Phi) is 8.06. The highest BCUT2D eigenvalue weighted by molar-refractivity contribution is 5.54. The monoisotopic (exact) mass is 499 g/mol. The van der Waals surface area contributed by atoms with Gasteiger partial charge in [-0.15, -0.1) is 0 Å². The lowest BCUT2D eigenvalue weighted by Gasteiger charge is -2.48. The minimum absolute atomic E-state index is 0.0406. The van der Waals surface area contributed by atoms with E-state index in [0.29, 0.717) is 38.3 Å². The second kappa shape index (κ2) is 10.7. The molecule has 1 aromatic rings. The molecule has 3 aliphatic rings. The Morgan fingerprint density at radius 3 is 2.69 bits per heavy atom. The molecule has 0 aromatic heterocycles. The predicted molar refractivity (Wildman–Crippen MR) is 142 cm³/mol. The van der Waals surface area contributed by atoms with Crippen LogP contribution in [-0.4, -0.2) is 59.0 Å². The van der Waals surface area contributed by atoms with Gasteiger partial charge in [-0.3, -0.25) is 9.69 Å². The number of phenolic OH excluding ortho intramolecular Hbond substituents is 1. The fourth-order valence-electron chi connectivity index (χ4n) is 6.42. The summed E-state index contributed by atoms with van der Waals surface area (Å²) in [5.41, 5.74) is 2.64. The largest absolute Gasteiger partial charge is 0.508 e. The number of phenols is 1. The number of unbranched alkanes of at least 4 members (excludes halogenated alkanes) is 3. The number of aliphatic hydroxyl groups is 1. The van der Waals surface area contributed by atoms with Crippen molar-refractivity contribution >= 4 is 6.47 Å². The van der Waals surface area contributed by atoms with E-state index in [0.717, 1.165) is 35.3 Å². The summed E-state index contributed by atoms with van der Waals surface area (Å²) in [5, 5.41) is 22.3. The van der Waals surface area contributed by atoms with Gasteiger partial charge in [0.05, 0.1) is 6.10 Å². The van der Waals surface area contributed by atoms with Crippen LogP contribution < -0.4 is 4.74 Å². The number of rotatable bonds is 11. The van der Waals surface area contributed by atoms with Crippen molar-refractivity contribution in [1.29, 1.82) is 0 Å². The molecule has 0 saturated carbocycles. The van der Waals surface area contributed by atoms with E-state index in [1.54, 1.807) is 0 Å². The van der Waals surface area contributed by atoms with Gasteiger partial charge in [0.1, 0.15) is 23.2 Å². The van der Waals surface area contributed by atoms with E-state index in [9.17, 15) is 15.0 Å². The van der Waals surface area contributed by atoms with Gasteiger partial charge in [0.25, 0.3) is 6.47 Å². The van der Waals surface area contributed by atoms with E-state index < -0.39 is 6.10 Å². The Morgan fingerprint density at radius 2 is 2.00 bits per heavy atom. The molecular weight excluding hydrogens is 454 g/mol. The summed E-state index contributed by atoms with van der Waals surface area (Å²) in [7, 11) is 0. The van der Waals surface area contributed by atoms with Gasteiger partial charge in [0.15, 0.2) is 0 Å². The molecule has 1 aliphatic carbocycles. The number of benzene rings is 1. The van der Waals surface area contributed by atoms with Crippen molar-refractivity contribution in [2.24, 2.45) is 5.92 Å². The first-order valence-electron chi connectivity index (χ1n) is 13.8. The van der Waals surface area contributed by atoms with Gasteiger partial charge >= 0.3 is 0 Å². The summed E-state index contributed by atoms with van der Waals surface area (Å²) in [4.78, 5) is 12.6. The fraction of sp³-hybridized carbons (Fsp3) is 0.700. The van der Waals surface area contributed by atoms with Crippen molar-refractivity contribution in [2.45, 2.75) is 109 Å². The van der Waals surface area contributed by atoms with Crippen LogP contribution in [0.5, 0.6) is 11.5 Å². The van der Waals surface area contributed by atoms with Crippen molar-refractivity contribution in [2.75, 3.05) is 19.6 Å². The van der Waals surface area contributed by atoms with Gasteiger partial charge in [-0.2, -0.15) is 0 Å². The van der Waals surface area contributed by atoms with Gasteiger partial charge in [0, 0.05) is 37.0 Å². The molecule has 1 fully saturated rings. The summed E-state index contributed by atoms with van der Waals surface area (Å²) in [5.74, 6) is 1.45. The third kappa shape index (κ3) is 5.60. The average Bonchev–Trinajstić information content (AvgIpc) is 2.79. The molecule has 3 atom stereocenters. The van der Waals surface area contributed by atoms with Crippen LogP contribution in [0.25, 0.3) is 0 Å². The van der Waals surface area contributed by atoms with Crippen molar-refractivity contribution in [3.05, 3.63) is 34.9 Å². The zero-order chi connectivity index (χ0) is 26.1. The summed E-state index contributed by atoms with van der Waals surface area (Å²) >= 11 is 0. The van der Waals surface area contributed by atoms with Gasteiger partial charge in [0.2, 0.25) is 0 Å². The molecule has 4 rings (SSSR count). The second-order valence-electron chi connectivity index (χ2n) is 12.3. The Balaban J connectivity index is 1.52. The third-order valence-electron chi connectivity index (χ3n) is 8.80. The van der Waals surface area contributed by atoms with Crippen LogP contribution >= 0.6 is 0 Å². The number of allylic oxidation sites excluding steroid dienone is 1. The Morgan fingerprint density at radius 1 is 1.25 bits per heavy atom. The molecule has 0 radical (unpaired) electrons. The molecular formula is C30H45NO5. The second-order valence-corrected chi connectivity index (χ2v) is 12.3. The highest BCUT2D eigenvalue weighted by atomic mass is 16.5. The summed E-state index contributed by atoms with van der Waals surface area (Å²) in [6.45, 7) is 13.4. The summed E-state index contributed by atoms with van der Waals surface area (Å²) in [6.07, 6.45) is 9.05. The predicted octanol–water partition coefficient (Wildman–Crippen LogP) is 5.45. The number of likely N-dealkylation sites (tertiary alicyclic amines) is 1. The number of β-amino-alcohol motifs (C(OH)–C–C–N with tert-alkyl or cyclic N) is 1. The molecule has 6 heteroatoms. The number of carbonyl (C=O) groups excluding carboxylic acids is 1. The molecule has 200 valence electrons. The third-order valence-corrected chi connectivity index (χ3v) is 8.80. The van der Waals surface area contributed by atoms with Gasteiger partial charge < -0.3 is 19.7 Å². The van der Waals surface area contributed by atoms with Crippen molar-refractivity contribution in [3.63, 3.8) is 0 Å². The number of hydrogen-bond donors (Lipinski definition) is 2. The van der Waals surface area contributed by atoms with Crippen molar-refractivity contribution in [3.8, 4) is 11.5 Å². The molecule has 2 N–H and O–H groups in total. The van der Waals surface area contributed by atoms with Crippen LogP contribution in [0.2, 0.25) is 0 Å². The van der Waals surface area contributed by atoms with Crippen LogP contribution in [0.4, 0.5) is 0 Å². The maximum Gasteiger partial charge on any atom is 0.293 e. The van der Waals surface area contributed by atoms with E-state index in [1.807, 2.05) is 6.07 Å². The normalized spacial score (nSPS) is 24.6. The fourth-order valence-corrected chi connectivity index (χ4v) is 6.42. The molecule has 2 heterocycles. The van der Waals surface area contributed by atoms with E-state index in [1.165, 1.54) is 25.7 Å². The Labute approximate surface area is 216 Å². The lowest BCUT2D eigenvalue weighted by molar-refractivity contribution is -0.142. The number of aliphatic hydroxyl groups excluding tert-OH is 1. The van der Waals surface area contributed by atoms with Gasteiger partial charge in [-0.1, -0.05) is 52.5 Å². The van der Waals surface area contributed by atoms with Crippen LogP contribution in [0.1, 0.15) is 96.6 Å². The van der Waals surface area contributed by atoms with Crippen LogP contribution in [0.3, 0.4) is 0 Å². The van der Waals surface area contributed by atoms with E-state index in [-0.39, 0.29) is 29.0 Å². The molecule has 1 unspecified atom stereocenters. The Bertz CT molecular complexity index is 962. The first-order chi connectivity index (χ1) is 17.1. The number of hydrogen-bond acceptors (Lipinski definition) is 6. The van der Waals surface area contributed by atoms with E-state index >= 15 is 0 Å². The quantitative estimate of drug-likeness (QED) is 0.239. The smallest absolute Gasteiger partial charge is 0.293 e. The minimum Gasteiger partial charge on any atom is -0.508 e. The number of fused-ring (bicyclic) bond motifs is 3. The summed E-state index contributed by atoms with van der Waals surface area (Å²) < 4.78 is 11.6. The van der Waals surface area contributed by atoms with Crippen LogP contribution in [0.15, 0.2) is 23.8 Å². The molecule has 2 aliphatic heterocycles. The number of ether oxygens (including phenoxy) is 2. The van der Waals surface area contributed by atoms with Gasteiger partial charge in [-0.05, 0) is 61.8 Å². The van der Waals surface area contributed by atoms with Crippen LogP contribution in [0, 0.1) is 5.92 Å². The average molecular weight is 500 g/mol. The lowest BCUT2D eigenvalue weighted by Crippen LogP contribution is -2.54. The SMILES string of the molecule is CCCCCCC(C)(C)c1cc(O)c2c(c1)OC(C)(C)[C@@H]1CC=C(C(O)CN3CC(OC=O)C3)C[C@@H]21. The van der Waals surface area contributed by atoms with Gasteiger partial charge in [-0.25, -0.2) is 0 Å². The molecule has 6 nitrogen and oxygen atoms in total. The van der Waals surface area contributed by atoms with Crippen molar-refractivity contribution < 1.29 is 24.5 Å². The first-order valence-corrected chi connectivity index (χ1v) is 13.8.